The van der Waals surface area contributed by atoms with Crippen LogP contribution in [0.15, 0.2) is 200 Å². The number of rotatable bonds is 7. The SMILES string of the molecule is [2H]c1c([2H])c([2H])c(-c2cccc(-c3cc(C(C)(C)C)cc(C(C)(C)C)c3)c2-n2[c](=[Pt])n3c4[c-]c(Oc5[c-]c6c(cc5)c5ccccc5n6-c5cc(C(C)(C)C)ccn5)ccc4n(-c4ccc(C(C)(C)C)cc4)c4ccccc4c4cccc2c43)c([2H])c1[2H]. The van der Waals surface area contributed by atoms with Crippen molar-refractivity contribution in [3.05, 3.63) is 238 Å². The fourth-order valence-corrected chi connectivity index (χ4v) is 12.7. The van der Waals surface area contributed by atoms with Crippen LogP contribution in [0.4, 0.5) is 0 Å². The number of pyridine rings is 1. The number of ether oxygens (including phenoxy) is 1. The second kappa shape index (κ2) is 20.0. The summed E-state index contributed by atoms with van der Waals surface area (Å²) < 4.78 is 62.8. The fourth-order valence-electron chi connectivity index (χ4n) is 11.7. The molecule has 0 radical (unpaired) electrons. The topological polar surface area (TPSA) is 41.3 Å². The first kappa shape index (κ1) is 48.2. The average molecular weight is 1270 g/mol. The van der Waals surface area contributed by atoms with Gasteiger partial charge in [0.25, 0.3) is 0 Å². The predicted octanol–water partition coefficient (Wildman–Crippen LogP) is 20.0. The van der Waals surface area contributed by atoms with Crippen molar-refractivity contribution in [2.75, 3.05) is 0 Å². The summed E-state index contributed by atoms with van der Waals surface area (Å²) >= 11 is 2.43. The Hall–Kier alpha value is -8.31. The molecule has 0 aliphatic rings. The van der Waals surface area contributed by atoms with Crippen LogP contribution in [0.5, 0.6) is 11.5 Å². The molecule has 0 fully saturated rings. The summed E-state index contributed by atoms with van der Waals surface area (Å²) in [6.45, 7) is 26.7. The van der Waals surface area contributed by atoms with Gasteiger partial charge in [-0.15, -0.1) is 0 Å². The van der Waals surface area contributed by atoms with Gasteiger partial charge < -0.3 is 0 Å². The molecule has 0 unspecified atom stereocenters. The van der Waals surface area contributed by atoms with Gasteiger partial charge in [0, 0.05) is 6.20 Å². The van der Waals surface area contributed by atoms with Crippen molar-refractivity contribution in [2.45, 2.75) is 105 Å². The standard InChI is InChI=1S/C76H69N5O.Pt/c1-73(2,3)51-32-34-55(35-33-51)80-64-29-18-17-25-61(64)63-28-21-31-67-72(63)79(48-78(67)71-58(49-22-14-13-15-23-49)26-20-27-59(71)50-42-53(75(7,8)9)44-54(43-50)76(10,11)12)69-47-57(37-39-66(69)80)82-56-36-38-62-60-24-16-19-30-65(60)81(68(62)46-56)70-45-52(40-41-77-70)74(4,5)6;/h13-45H,1-12H3;/q-2;/i13D,14D,15D,22D,23D;. The van der Waals surface area contributed by atoms with E-state index in [0.29, 0.717) is 28.3 Å². The Kier molecular flexibility index (Phi) is 11.6. The van der Waals surface area contributed by atoms with Crippen LogP contribution in [0, 0.1) is 15.9 Å². The Morgan fingerprint density at radius 2 is 1.00 bits per heavy atom. The number of imidazole rings is 1. The Labute approximate surface area is 505 Å². The van der Waals surface area contributed by atoms with Gasteiger partial charge in [-0.2, -0.15) is 0 Å². The Bertz CT molecular complexity index is 5070. The van der Waals surface area contributed by atoms with Crippen LogP contribution in [-0.2, 0) is 41.0 Å². The van der Waals surface area contributed by atoms with Crippen molar-refractivity contribution in [2.24, 2.45) is 0 Å². The average Bonchev–Trinajstić information content (AvgIpc) is 1.50. The van der Waals surface area contributed by atoms with Crippen molar-refractivity contribution in [3.63, 3.8) is 0 Å². The molecule has 0 saturated heterocycles. The van der Waals surface area contributed by atoms with E-state index < -0.39 is 18.1 Å². The zero-order chi connectivity index (χ0) is 62.3. The summed E-state index contributed by atoms with van der Waals surface area (Å²) in [7, 11) is 0. The third-order valence-corrected chi connectivity index (χ3v) is 17.2. The van der Waals surface area contributed by atoms with Crippen molar-refractivity contribution in [1.29, 1.82) is 0 Å². The molecule has 9 aromatic carbocycles. The van der Waals surface area contributed by atoms with Crippen molar-refractivity contribution >= 4 is 60.2 Å². The molecule has 0 amide bonds. The summed E-state index contributed by atoms with van der Waals surface area (Å²) in [6.07, 6.45) is 1.88. The second-order valence-corrected chi connectivity index (χ2v) is 27.0. The van der Waals surface area contributed by atoms with Crippen LogP contribution in [0.3, 0.4) is 0 Å². The van der Waals surface area contributed by atoms with Crippen LogP contribution in [0.1, 0.15) is 112 Å². The monoisotopic (exact) mass is 1270 g/mol. The van der Waals surface area contributed by atoms with Crippen molar-refractivity contribution < 1.29 is 30.9 Å². The quantitative estimate of drug-likeness (QED) is 0.149. The van der Waals surface area contributed by atoms with E-state index in [9.17, 15) is 2.74 Å². The van der Waals surface area contributed by atoms with Crippen LogP contribution in [0.25, 0.3) is 99.6 Å². The van der Waals surface area contributed by atoms with Gasteiger partial charge in [0.1, 0.15) is 0 Å². The van der Waals surface area contributed by atoms with Crippen LogP contribution in [-0.4, -0.2) is 23.1 Å². The molecular weight excluding hydrogens is 1190 g/mol. The Balaban J connectivity index is 1.16. The molecule has 0 atom stereocenters. The minimum absolute atomic E-state index is 0.0851. The first-order valence-corrected chi connectivity index (χ1v) is 29.6. The van der Waals surface area contributed by atoms with E-state index in [4.69, 9.17) is 13.8 Å². The number of fused-ring (bicyclic) bond motifs is 7. The van der Waals surface area contributed by atoms with Gasteiger partial charge in [-0.3, -0.25) is 0 Å². The van der Waals surface area contributed by atoms with E-state index in [1.807, 2.05) is 30.5 Å². The van der Waals surface area contributed by atoms with Crippen molar-refractivity contribution in [1.82, 2.24) is 23.1 Å². The number of benzene rings is 9. The summed E-state index contributed by atoms with van der Waals surface area (Å²) in [5.41, 5.74) is 14.0. The van der Waals surface area contributed by atoms with E-state index in [1.165, 1.54) is 11.1 Å². The van der Waals surface area contributed by atoms with Crippen LogP contribution < -0.4 is 4.74 Å². The molecular formula is C76H69N5OPt-2. The van der Waals surface area contributed by atoms with E-state index in [2.05, 4.69) is 272 Å². The first-order valence-electron chi connectivity index (χ1n) is 30.9. The molecule has 416 valence electrons. The number of hydrogen-bond acceptors (Lipinski definition) is 2. The Morgan fingerprint density at radius 3 is 1.65 bits per heavy atom. The van der Waals surface area contributed by atoms with E-state index in [1.54, 1.807) is 0 Å². The summed E-state index contributed by atoms with van der Waals surface area (Å²) in [5.74, 6) is 1.75. The van der Waals surface area contributed by atoms with Crippen LogP contribution >= 0.6 is 0 Å². The summed E-state index contributed by atoms with van der Waals surface area (Å²) in [6, 6.07) is 63.1. The number of aromatic nitrogens is 5. The Morgan fingerprint density at radius 1 is 0.446 bits per heavy atom. The summed E-state index contributed by atoms with van der Waals surface area (Å²) in [4.78, 5) is 4.94. The van der Waals surface area contributed by atoms with Gasteiger partial charge >= 0.3 is 452 Å². The molecule has 0 bridgehead atoms. The second-order valence-electron chi connectivity index (χ2n) is 26.0. The molecule has 0 aliphatic carbocycles. The van der Waals surface area contributed by atoms with E-state index >= 15 is 0 Å². The molecule has 7 heteroatoms. The molecule has 4 aromatic heterocycles. The molecule has 4 heterocycles. The molecule has 0 spiro atoms. The van der Waals surface area contributed by atoms with Gasteiger partial charge in [-0.05, 0) is 17.0 Å². The molecule has 0 saturated carbocycles. The molecule has 13 rings (SSSR count). The number of hydrogen-bond donors (Lipinski definition) is 0. The van der Waals surface area contributed by atoms with Gasteiger partial charge in [-0.25, -0.2) is 0 Å². The third-order valence-electron chi connectivity index (χ3n) is 16.2. The number of nitrogens with zero attached hydrogens (tertiary/aromatic N) is 5. The van der Waals surface area contributed by atoms with Gasteiger partial charge in [0.05, 0.1) is 0 Å². The normalized spacial score (nSPS) is 13.5. The number of para-hydroxylation sites is 4. The van der Waals surface area contributed by atoms with Crippen LogP contribution in [0.2, 0.25) is 0 Å². The minimum atomic E-state index is -0.449. The first-order chi connectivity index (χ1) is 41.7. The maximum absolute atomic E-state index is 9.58. The molecule has 13 aromatic rings. The predicted molar refractivity (Wildman–Crippen MR) is 343 cm³/mol. The molecule has 0 aliphatic heterocycles. The molecule has 6 nitrogen and oxygen atoms in total. The van der Waals surface area contributed by atoms with E-state index in [-0.39, 0.29) is 39.3 Å². The maximum atomic E-state index is 9.58. The third kappa shape index (κ3) is 9.50. The van der Waals surface area contributed by atoms with Gasteiger partial charge in [0.2, 0.25) is 0 Å². The van der Waals surface area contributed by atoms with Crippen molar-refractivity contribution in [3.8, 4) is 50.9 Å². The zero-order valence-corrected chi connectivity index (χ0v) is 51.4. The van der Waals surface area contributed by atoms with E-state index in [0.717, 1.165) is 92.2 Å². The molecule has 0 N–H and O–H groups in total. The summed E-state index contributed by atoms with van der Waals surface area (Å²) in [5, 5.41) is 4.05. The van der Waals surface area contributed by atoms with Gasteiger partial charge in [0.15, 0.2) is 0 Å². The molecule has 83 heavy (non-hydrogen) atoms. The zero-order valence-electron chi connectivity index (χ0n) is 54.1. The fraction of sp³-hybridized carbons (Fsp3) is 0.211. The van der Waals surface area contributed by atoms with Gasteiger partial charge in [-0.1, -0.05) is 32.9 Å².